The summed E-state index contributed by atoms with van der Waals surface area (Å²) in [6.07, 6.45) is 0.0735. The van der Waals surface area contributed by atoms with Crippen molar-refractivity contribution < 1.29 is 23.9 Å². The Kier molecular flexibility index (Phi) is 7.10. The molecule has 31 heavy (non-hydrogen) atoms. The van der Waals surface area contributed by atoms with Gasteiger partial charge in [0.25, 0.3) is 0 Å². The molecule has 0 N–H and O–H groups in total. The minimum atomic E-state index is -0.721. The van der Waals surface area contributed by atoms with Gasteiger partial charge in [-0.2, -0.15) is 0 Å². The Hall–Kier alpha value is -3.15. The molecule has 1 aliphatic heterocycles. The minimum absolute atomic E-state index is 0.104. The Morgan fingerprint density at radius 2 is 1.61 bits per heavy atom. The van der Waals surface area contributed by atoms with Crippen molar-refractivity contribution in [1.82, 2.24) is 4.90 Å². The number of cyclic esters (lactones) is 1. The summed E-state index contributed by atoms with van der Waals surface area (Å²) >= 11 is 0. The van der Waals surface area contributed by atoms with Crippen LogP contribution in [-0.2, 0) is 31.9 Å². The van der Waals surface area contributed by atoms with E-state index in [1.807, 2.05) is 60.7 Å². The van der Waals surface area contributed by atoms with Gasteiger partial charge in [-0.25, -0.2) is 9.69 Å². The molecule has 1 fully saturated rings. The van der Waals surface area contributed by atoms with Crippen LogP contribution in [0.5, 0.6) is 0 Å². The van der Waals surface area contributed by atoms with Crippen LogP contribution in [0.25, 0.3) is 0 Å². The number of rotatable bonds is 7. The minimum Gasteiger partial charge on any atom is -0.460 e. The second-order valence-corrected chi connectivity index (χ2v) is 8.81. The molecule has 0 bridgehead atoms. The van der Waals surface area contributed by atoms with Gasteiger partial charge >= 0.3 is 12.1 Å². The van der Waals surface area contributed by atoms with E-state index in [4.69, 9.17) is 9.47 Å². The molecule has 0 aliphatic carbocycles. The van der Waals surface area contributed by atoms with Crippen molar-refractivity contribution in [2.45, 2.75) is 51.7 Å². The largest absolute Gasteiger partial charge is 0.460 e. The molecule has 2 atom stereocenters. The van der Waals surface area contributed by atoms with E-state index >= 15 is 0 Å². The molecule has 1 heterocycles. The van der Waals surface area contributed by atoms with Gasteiger partial charge in [0.05, 0.1) is 18.4 Å². The van der Waals surface area contributed by atoms with Crippen LogP contribution in [0, 0.1) is 5.92 Å². The average molecular weight is 424 g/mol. The first kappa shape index (κ1) is 22.5. The summed E-state index contributed by atoms with van der Waals surface area (Å²) < 4.78 is 10.6. The van der Waals surface area contributed by atoms with Crippen LogP contribution >= 0.6 is 0 Å². The highest BCUT2D eigenvalue weighted by Gasteiger charge is 2.41. The lowest BCUT2D eigenvalue weighted by Crippen LogP contribution is -2.45. The van der Waals surface area contributed by atoms with Crippen molar-refractivity contribution in [2.24, 2.45) is 5.92 Å². The lowest BCUT2D eigenvalue weighted by Gasteiger charge is -2.26. The van der Waals surface area contributed by atoms with E-state index in [9.17, 15) is 14.4 Å². The molecule has 6 nitrogen and oxygen atoms in total. The Labute approximate surface area is 183 Å². The number of imide groups is 1. The lowest BCUT2D eigenvalue weighted by molar-refractivity contribution is -0.158. The van der Waals surface area contributed by atoms with Gasteiger partial charge in [0.1, 0.15) is 12.2 Å². The topological polar surface area (TPSA) is 72.9 Å². The number of esters is 1. The number of hydrogen-bond acceptors (Lipinski definition) is 5. The van der Waals surface area contributed by atoms with E-state index in [0.717, 1.165) is 11.1 Å². The van der Waals surface area contributed by atoms with Crippen molar-refractivity contribution >= 4 is 18.0 Å². The van der Waals surface area contributed by atoms with E-state index in [0.29, 0.717) is 12.8 Å². The smallest absolute Gasteiger partial charge is 0.416 e. The van der Waals surface area contributed by atoms with E-state index < -0.39 is 35.5 Å². The van der Waals surface area contributed by atoms with Crippen molar-refractivity contribution in [1.29, 1.82) is 0 Å². The molecule has 0 aromatic heterocycles. The third kappa shape index (κ3) is 6.41. The van der Waals surface area contributed by atoms with Gasteiger partial charge in [0.2, 0.25) is 5.91 Å². The first-order chi connectivity index (χ1) is 14.7. The van der Waals surface area contributed by atoms with Crippen LogP contribution in [-0.4, -0.2) is 41.1 Å². The standard InChI is InChI=1S/C25H29NO5/c1-25(2,3)31-22(27)16-20(14-18-10-6-4-7-11-18)23(28)26-21(17-30-24(26)29)15-19-12-8-5-9-13-19/h4-13,20-21H,14-17H2,1-3H3/t20-,21+/m0/s1. The zero-order chi connectivity index (χ0) is 22.4. The lowest BCUT2D eigenvalue weighted by atomic mass is 9.93. The number of amides is 2. The van der Waals surface area contributed by atoms with Crippen LogP contribution in [0.4, 0.5) is 4.79 Å². The molecule has 2 aromatic rings. The summed E-state index contributed by atoms with van der Waals surface area (Å²) in [4.78, 5) is 39.6. The van der Waals surface area contributed by atoms with E-state index in [1.54, 1.807) is 20.8 Å². The molecule has 3 rings (SSSR count). The second-order valence-electron chi connectivity index (χ2n) is 8.81. The van der Waals surface area contributed by atoms with Gasteiger partial charge in [-0.05, 0) is 44.7 Å². The van der Waals surface area contributed by atoms with E-state index in [2.05, 4.69) is 0 Å². The van der Waals surface area contributed by atoms with Crippen molar-refractivity contribution in [3.8, 4) is 0 Å². The summed E-state index contributed by atoms with van der Waals surface area (Å²) in [6, 6.07) is 18.7. The molecule has 6 heteroatoms. The van der Waals surface area contributed by atoms with Crippen LogP contribution in [0.1, 0.15) is 38.3 Å². The fourth-order valence-electron chi connectivity index (χ4n) is 3.69. The highest BCUT2D eigenvalue weighted by Crippen LogP contribution is 2.24. The number of ether oxygens (including phenoxy) is 2. The molecule has 0 saturated carbocycles. The molecule has 2 aromatic carbocycles. The van der Waals surface area contributed by atoms with Gasteiger partial charge < -0.3 is 9.47 Å². The molecule has 1 aliphatic rings. The maximum atomic E-state index is 13.5. The number of carbonyl (C=O) groups is 3. The number of hydrogen-bond donors (Lipinski definition) is 0. The first-order valence-electron chi connectivity index (χ1n) is 10.5. The fraction of sp³-hybridized carbons (Fsp3) is 0.400. The summed E-state index contributed by atoms with van der Waals surface area (Å²) in [5.41, 5.74) is 1.27. The molecule has 0 unspecified atom stereocenters. The monoisotopic (exact) mass is 423 g/mol. The van der Waals surface area contributed by atoms with Crippen molar-refractivity contribution in [3.63, 3.8) is 0 Å². The van der Waals surface area contributed by atoms with Crippen LogP contribution in [0.15, 0.2) is 60.7 Å². The fourth-order valence-corrected chi connectivity index (χ4v) is 3.69. The molecule has 0 radical (unpaired) electrons. The maximum Gasteiger partial charge on any atom is 0.416 e. The second kappa shape index (κ2) is 9.77. The van der Waals surface area contributed by atoms with Gasteiger partial charge in [0, 0.05) is 0 Å². The third-order valence-corrected chi connectivity index (χ3v) is 5.02. The number of benzene rings is 2. The van der Waals surface area contributed by atoms with Gasteiger partial charge in [-0.15, -0.1) is 0 Å². The Morgan fingerprint density at radius 1 is 1.03 bits per heavy atom. The zero-order valence-corrected chi connectivity index (χ0v) is 18.2. The summed E-state index contributed by atoms with van der Waals surface area (Å²) in [5, 5.41) is 0. The average Bonchev–Trinajstić information content (AvgIpc) is 3.07. The number of nitrogens with zero attached hydrogens (tertiary/aromatic N) is 1. The van der Waals surface area contributed by atoms with Gasteiger partial charge in [-0.3, -0.25) is 9.59 Å². The first-order valence-corrected chi connectivity index (χ1v) is 10.5. The van der Waals surface area contributed by atoms with Crippen LogP contribution in [0.2, 0.25) is 0 Å². The van der Waals surface area contributed by atoms with Crippen molar-refractivity contribution in [2.75, 3.05) is 6.61 Å². The van der Waals surface area contributed by atoms with Crippen LogP contribution in [0.3, 0.4) is 0 Å². The van der Waals surface area contributed by atoms with E-state index in [-0.39, 0.29) is 13.0 Å². The predicted molar refractivity (Wildman–Crippen MR) is 116 cm³/mol. The zero-order valence-electron chi connectivity index (χ0n) is 18.2. The summed E-state index contributed by atoms with van der Waals surface area (Å²) in [5.74, 6) is -1.59. The molecule has 0 spiro atoms. The van der Waals surface area contributed by atoms with Crippen molar-refractivity contribution in [3.05, 3.63) is 71.8 Å². The normalized spacial score (nSPS) is 17.2. The van der Waals surface area contributed by atoms with E-state index in [1.165, 1.54) is 4.90 Å². The van der Waals surface area contributed by atoms with Crippen LogP contribution < -0.4 is 0 Å². The summed E-state index contributed by atoms with van der Waals surface area (Å²) in [6.45, 7) is 5.50. The van der Waals surface area contributed by atoms with Gasteiger partial charge in [0.15, 0.2) is 0 Å². The molecule has 1 saturated heterocycles. The molecular weight excluding hydrogens is 394 g/mol. The summed E-state index contributed by atoms with van der Waals surface area (Å²) in [7, 11) is 0. The highest BCUT2D eigenvalue weighted by molar-refractivity contribution is 5.96. The molecule has 2 amide bonds. The SMILES string of the molecule is CC(C)(C)OC(=O)C[C@H](Cc1ccccc1)C(=O)N1C(=O)OC[C@H]1Cc1ccccc1. The number of carbonyl (C=O) groups excluding carboxylic acids is 3. The quantitative estimate of drug-likeness (QED) is 0.625. The Bertz CT molecular complexity index is 905. The third-order valence-electron chi connectivity index (χ3n) is 5.02. The predicted octanol–water partition coefficient (Wildman–Crippen LogP) is 4.17. The van der Waals surface area contributed by atoms with Gasteiger partial charge in [-0.1, -0.05) is 60.7 Å². The molecule has 164 valence electrons. The highest BCUT2D eigenvalue weighted by atomic mass is 16.6. The Balaban J connectivity index is 1.80. The Morgan fingerprint density at radius 3 is 2.19 bits per heavy atom. The molecular formula is C25H29NO5. The maximum absolute atomic E-state index is 13.5.